The molecule has 0 bridgehead atoms. The first-order valence-electron chi connectivity index (χ1n) is 11.9. The van der Waals surface area contributed by atoms with E-state index in [-0.39, 0.29) is 12.0 Å². The fourth-order valence-electron chi connectivity index (χ4n) is 5.04. The summed E-state index contributed by atoms with van der Waals surface area (Å²) in [5.41, 5.74) is 4.53. The summed E-state index contributed by atoms with van der Waals surface area (Å²) in [5.74, 6) is 1.47. The molecule has 168 valence electrons. The Kier molecular flexibility index (Phi) is 7.09. The molecule has 2 fully saturated rings. The zero-order valence-corrected chi connectivity index (χ0v) is 19.0. The third-order valence-corrected chi connectivity index (χ3v) is 6.64. The van der Waals surface area contributed by atoms with Gasteiger partial charge in [0.25, 0.3) is 0 Å². The number of pyridine rings is 1. The van der Waals surface area contributed by atoms with Crippen molar-refractivity contribution in [3.63, 3.8) is 0 Å². The van der Waals surface area contributed by atoms with Crippen molar-refractivity contribution in [2.24, 2.45) is 5.92 Å². The molecule has 3 heterocycles. The maximum atomic E-state index is 12.3. The molecular weight excluding hydrogens is 390 g/mol. The first-order chi connectivity index (χ1) is 15.0. The number of fused-ring (bicyclic) bond motifs is 1. The van der Waals surface area contributed by atoms with Crippen LogP contribution >= 0.6 is 0 Å². The zero-order chi connectivity index (χ0) is 21.8. The molecule has 1 aliphatic carbocycles. The summed E-state index contributed by atoms with van der Waals surface area (Å²) in [6.45, 7) is 9.48. The molecule has 0 radical (unpaired) electrons. The monoisotopic (exact) mass is 425 g/mol. The molecule has 4 rings (SSSR count). The van der Waals surface area contributed by atoms with Crippen LogP contribution in [0.2, 0.25) is 0 Å². The number of aromatic nitrogens is 1. The highest BCUT2D eigenvalue weighted by atomic mass is 16.5. The minimum atomic E-state index is 0.0662. The third-order valence-electron chi connectivity index (χ3n) is 6.64. The zero-order valence-electron chi connectivity index (χ0n) is 19.0. The van der Waals surface area contributed by atoms with Crippen molar-refractivity contribution in [1.29, 1.82) is 5.26 Å². The van der Waals surface area contributed by atoms with E-state index in [0.717, 1.165) is 82.7 Å². The van der Waals surface area contributed by atoms with E-state index in [1.54, 1.807) is 0 Å². The third kappa shape index (κ3) is 5.19. The Balaban J connectivity index is 1.38. The van der Waals surface area contributed by atoms with Crippen LogP contribution in [0.25, 0.3) is 0 Å². The summed E-state index contributed by atoms with van der Waals surface area (Å²) >= 11 is 0. The van der Waals surface area contributed by atoms with Crippen LogP contribution in [-0.4, -0.2) is 67.8 Å². The number of rotatable bonds is 7. The molecule has 1 N–H and O–H groups in total. The largest absolute Gasteiger partial charge is 0.376 e. The summed E-state index contributed by atoms with van der Waals surface area (Å²) in [4.78, 5) is 21.8. The van der Waals surface area contributed by atoms with Gasteiger partial charge in [0.1, 0.15) is 11.9 Å². The second kappa shape index (κ2) is 9.97. The average molecular weight is 426 g/mol. The van der Waals surface area contributed by atoms with Crippen LogP contribution in [0.5, 0.6) is 0 Å². The number of piperazine rings is 1. The van der Waals surface area contributed by atoms with E-state index >= 15 is 0 Å². The minimum Gasteiger partial charge on any atom is -0.376 e. The van der Waals surface area contributed by atoms with Crippen molar-refractivity contribution in [2.75, 3.05) is 50.8 Å². The highest BCUT2D eigenvalue weighted by molar-refractivity contribution is 5.78. The molecule has 3 aliphatic rings. The van der Waals surface area contributed by atoms with Crippen molar-refractivity contribution in [2.45, 2.75) is 58.5 Å². The normalized spacial score (nSPS) is 21.4. The molecule has 1 atom stereocenters. The molecule has 1 aromatic heterocycles. The summed E-state index contributed by atoms with van der Waals surface area (Å²) in [7, 11) is 0. The summed E-state index contributed by atoms with van der Waals surface area (Å²) in [5, 5.41) is 12.9. The predicted molar refractivity (Wildman–Crippen MR) is 120 cm³/mol. The van der Waals surface area contributed by atoms with E-state index in [9.17, 15) is 10.1 Å². The molecule has 0 spiro atoms. The number of nitrogens with one attached hydrogen (secondary N) is 1. The topological polar surface area (TPSA) is 81.5 Å². The van der Waals surface area contributed by atoms with Gasteiger partial charge in [-0.1, -0.05) is 13.8 Å². The number of ether oxygens (including phenoxy) is 1. The Bertz CT molecular complexity index is 833. The molecule has 7 heteroatoms. The first-order valence-corrected chi connectivity index (χ1v) is 11.9. The Labute approximate surface area is 185 Å². The standard InChI is InChI=1S/C24H35N5O2/c1-17(2)13-22-20-7-3-6-19(20)21(14-25)24(27-22)29-10-8-28(9-11-29)16-23(30)26-15-18-5-4-12-31-18/h17-18H,3-13,15-16H2,1-2H3,(H,26,30)/t18-/m0/s1. The lowest BCUT2D eigenvalue weighted by Crippen LogP contribution is -2.50. The highest BCUT2D eigenvalue weighted by Crippen LogP contribution is 2.34. The lowest BCUT2D eigenvalue weighted by molar-refractivity contribution is -0.122. The van der Waals surface area contributed by atoms with Gasteiger partial charge < -0.3 is 15.0 Å². The predicted octanol–water partition coefficient (Wildman–Crippen LogP) is 2.06. The number of carbonyl (C=O) groups is 1. The minimum absolute atomic E-state index is 0.0662. The lowest BCUT2D eigenvalue weighted by Gasteiger charge is -2.36. The fraction of sp³-hybridized carbons (Fsp3) is 0.708. The Hall–Kier alpha value is -2.17. The van der Waals surface area contributed by atoms with Crippen LogP contribution in [0.1, 0.15) is 55.5 Å². The quantitative estimate of drug-likeness (QED) is 0.720. The van der Waals surface area contributed by atoms with Gasteiger partial charge in [-0.05, 0) is 55.6 Å². The summed E-state index contributed by atoms with van der Waals surface area (Å²) in [6, 6.07) is 2.47. The maximum Gasteiger partial charge on any atom is 0.234 e. The maximum absolute atomic E-state index is 12.3. The average Bonchev–Trinajstić information content (AvgIpc) is 3.44. The molecule has 0 aromatic carbocycles. The molecule has 1 aromatic rings. The van der Waals surface area contributed by atoms with Crippen molar-refractivity contribution in [1.82, 2.24) is 15.2 Å². The smallest absolute Gasteiger partial charge is 0.234 e. The SMILES string of the molecule is CC(C)Cc1nc(N2CCN(CC(=O)NC[C@@H]3CCCO3)CC2)c(C#N)c2c1CCC2. The van der Waals surface area contributed by atoms with Crippen LogP contribution in [0.15, 0.2) is 0 Å². The van der Waals surface area contributed by atoms with Gasteiger partial charge in [0.05, 0.1) is 18.2 Å². The molecule has 2 aliphatic heterocycles. The second-order valence-electron chi connectivity index (χ2n) is 9.48. The van der Waals surface area contributed by atoms with Gasteiger partial charge in [0.15, 0.2) is 0 Å². The van der Waals surface area contributed by atoms with Crippen molar-refractivity contribution in [3.05, 3.63) is 22.4 Å². The fourth-order valence-corrected chi connectivity index (χ4v) is 5.04. The number of hydrogen-bond donors (Lipinski definition) is 1. The number of hydrogen-bond acceptors (Lipinski definition) is 6. The number of amides is 1. The van der Waals surface area contributed by atoms with Gasteiger partial charge in [-0.25, -0.2) is 4.98 Å². The van der Waals surface area contributed by atoms with Crippen molar-refractivity contribution in [3.8, 4) is 6.07 Å². The summed E-state index contributed by atoms with van der Waals surface area (Å²) in [6.07, 6.45) is 6.42. The number of carbonyl (C=O) groups excluding carboxylic acids is 1. The molecule has 1 amide bonds. The van der Waals surface area contributed by atoms with E-state index in [2.05, 4.69) is 35.0 Å². The molecule has 0 unspecified atom stereocenters. The van der Waals surface area contributed by atoms with E-state index in [1.165, 1.54) is 16.8 Å². The van der Waals surface area contributed by atoms with Crippen LogP contribution < -0.4 is 10.2 Å². The summed E-state index contributed by atoms with van der Waals surface area (Å²) < 4.78 is 5.58. The van der Waals surface area contributed by atoms with E-state index in [0.29, 0.717) is 19.0 Å². The van der Waals surface area contributed by atoms with Crippen LogP contribution in [0, 0.1) is 17.2 Å². The Morgan fingerprint density at radius 2 is 2.00 bits per heavy atom. The van der Waals surface area contributed by atoms with Gasteiger partial charge in [-0.3, -0.25) is 9.69 Å². The van der Waals surface area contributed by atoms with Gasteiger partial charge in [-0.15, -0.1) is 0 Å². The van der Waals surface area contributed by atoms with Crippen LogP contribution in [0.4, 0.5) is 5.82 Å². The van der Waals surface area contributed by atoms with Crippen molar-refractivity contribution < 1.29 is 9.53 Å². The molecule has 7 nitrogen and oxygen atoms in total. The number of nitriles is 1. The van der Waals surface area contributed by atoms with Crippen LogP contribution in [-0.2, 0) is 28.8 Å². The van der Waals surface area contributed by atoms with E-state index in [1.807, 2.05) is 0 Å². The van der Waals surface area contributed by atoms with E-state index < -0.39 is 0 Å². The first kappa shape index (κ1) is 22.0. The second-order valence-corrected chi connectivity index (χ2v) is 9.48. The molecular formula is C24H35N5O2. The Morgan fingerprint density at radius 1 is 1.23 bits per heavy atom. The van der Waals surface area contributed by atoms with Gasteiger partial charge in [0, 0.05) is 45.0 Å². The highest BCUT2D eigenvalue weighted by Gasteiger charge is 2.28. The van der Waals surface area contributed by atoms with E-state index in [4.69, 9.17) is 9.72 Å². The van der Waals surface area contributed by atoms with Gasteiger partial charge in [0.2, 0.25) is 5.91 Å². The molecule has 0 saturated carbocycles. The molecule has 2 saturated heterocycles. The van der Waals surface area contributed by atoms with Gasteiger partial charge in [-0.2, -0.15) is 5.26 Å². The van der Waals surface area contributed by atoms with Gasteiger partial charge >= 0.3 is 0 Å². The Morgan fingerprint density at radius 3 is 2.68 bits per heavy atom. The van der Waals surface area contributed by atoms with Crippen LogP contribution in [0.3, 0.4) is 0 Å². The van der Waals surface area contributed by atoms with Crippen molar-refractivity contribution >= 4 is 11.7 Å². The molecule has 31 heavy (non-hydrogen) atoms. The lowest BCUT2D eigenvalue weighted by atomic mass is 9.97. The number of anilines is 1. The number of nitrogens with zero attached hydrogens (tertiary/aromatic N) is 4.